The Morgan fingerprint density at radius 3 is 1.39 bits per heavy atom. The molecule has 9 rings (SSSR count). The first-order chi connectivity index (χ1) is 38.7. The number of nitrogens with zero attached hydrogens (tertiary/aromatic N) is 1. The minimum Gasteiger partial charge on any atom is -0.481 e. The van der Waals surface area contributed by atoms with Crippen molar-refractivity contribution in [2.75, 3.05) is 32.7 Å². The third-order valence-electron chi connectivity index (χ3n) is 15.3. The first-order valence-corrected chi connectivity index (χ1v) is 26.8. The van der Waals surface area contributed by atoms with Crippen LogP contribution in [0, 0.1) is 35.3 Å². The van der Waals surface area contributed by atoms with E-state index in [1.807, 2.05) is 6.08 Å². The number of ether oxygens (including phenoxy) is 2. The Hall–Kier alpha value is -6.01. The fraction of sp³-hybridized carbons (Fsp3) is 0.433. The minimum absolute atomic E-state index is 0.118. The van der Waals surface area contributed by atoms with Gasteiger partial charge in [0.2, 0.25) is 0 Å². The van der Waals surface area contributed by atoms with Crippen molar-refractivity contribution in [1.29, 1.82) is 0 Å². The molecule has 4 fully saturated rings. The maximum absolute atomic E-state index is 13.6. The highest BCUT2D eigenvalue weighted by Crippen LogP contribution is 2.50. The molecule has 0 spiro atoms. The first-order valence-electron chi connectivity index (χ1n) is 26.4. The van der Waals surface area contributed by atoms with E-state index in [-0.39, 0.29) is 64.1 Å². The number of nitrogens with one attached hydrogen (secondary N) is 1. The predicted octanol–water partition coefficient (Wildman–Crippen LogP) is 16.1. The van der Waals surface area contributed by atoms with Gasteiger partial charge in [-0.25, -0.2) is 13.6 Å². The van der Waals surface area contributed by atoms with E-state index >= 15 is 0 Å². The molecule has 2 aliphatic carbocycles. The fourth-order valence-electron chi connectivity index (χ4n) is 11.6. The topological polar surface area (TPSA) is 108 Å². The number of rotatable bonds is 11. The van der Waals surface area contributed by atoms with Gasteiger partial charge in [-0.15, -0.1) is 19.2 Å². The summed E-state index contributed by atoms with van der Waals surface area (Å²) in [5.74, 6) is -1.76. The lowest BCUT2D eigenvalue weighted by molar-refractivity contribution is -0.145. The molecule has 0 unspecified atom stereocenters. The monoisotopic (exact) mass is 1200 g/mol. The van der Waals surface area contributed by atoms with E-state index < -0.39 is 83.3 Å². The van der Waals surface area contributed by atoms with Gasteiger partial charge in [-0.05, 0) is 171 Å². The number of alkyl halides is 12. The molecule has 2 saturated carbocycles. The van der Waals surface area contributed by atoms with Crippen LogP contribution in [0.1, 0.15) is 125 Å². The van der Waals surface area contributed by atoms with Gasteiger partial charge in [0.15, 0.2) is 0 Å². The van der Waals surface area contributed by atoms with Crippen LogP contribution < -0.4 is 5.32 Å². The zero-order valence-electron chi connectivity index (χ0n) is 45.0. The smallest absolute Gasteiger partial charge is 0.416 e. The van der Waals surface area contributed by atoms with E-state index in [0.717, 1.165) is 87.9 Å². The number of carboxylic acid groups (broad SMARTS) is 2. The number of halogens is 14. The van der Waals surface area contributed by atoms with Gasteiger partial charge in [-0.2, -0.15) is 52.7 Å². The first kappa shape index (κ1) is 66.1. The van der Waals surface area contributed by atoms with E-state index in [2.05, 4.69) is 29.4 Å². The molecule has 4 aliphatic rings. The second-order valence-corrected chi connectivity index (χ2v) is 21.5. The summed E-state index contributed by atoms with van der Waals surface area (Å²) in [6.07, 6.45) is -17.9. The molecule has 5 aromatic carbocycles. The SMILES string of the molecule is C=CCN1C[C@H]2CC[C@H](O[C@H](C)c3cc(C(F)(F)F)cc(C(F)(F)F)c3)[C@@H](c3ccc(F)cc3)[C@@H]2C1.CC(=O)O.C[C@@H](O[C@H]1CC[C@@H]2CNC[C@H]2[C@@H]1c1ccc(F)cc1)c1cc(C(F)(F)F)cc(C(F)(F)F)c1.O=C(O)c1ccccc1S. The van der Waals surface area contributed by atoms with Crippen LogP contribution in [0.15, 0.2) is 127 Å². The quantitative estimate of drug-likeness (QED) is 0.0589. The summed E-state index contributed by atoms with van der Waals surface area (Å²) >= 11 is 3.96. The average molecular weight is 1210 g/mol. The zero-order chi connectivity index (χ0) is 61.4. The molecule has 0 aromatic heterocycles. The number of carbonyl (C=O) groups is 2. The fourth-order valence-corrected chi connectivity index (χ4v) is 11.8. The Morgan fingerprint density at radius 1 is 0.614 bits per heavy atom. The Labute approximate surface area is 476 Å². The van der Waals surface area contributed by atoms with E-state index in [4.69, 9.17) is 24.5 Å². The summed E-state index contributed by atoms with van der Waals surface area (Å²) < 4.78 is 199. The minimum atomic E-state index is -4.93. The number of thiol groups is 1. The van der Waals surface area contributed by atoms with Gasteiger partial charge in [0.05, 0.1) is 52.2 Å². The molecular formula is C60H62F14N2O6S. The van der Waals surface area contributed by atoms with E-state index in [1.54, 1.807) is 42.5 Å². The zero-order valence-corrected chi connectivity index (χ0v) is 45.9. The molecular weight excluding hydrogens is 1140 g/mol. The van der Waals surface area contributed by atoms with Gasteiger partial charge in [-0.3, -0.25) is 9.69 Å². The Bertz CT molecular complexity index is 2900. The molecule has 2 aliphatic heterocycles. The van der Waals surface area contributed by atoms with Gasteiger partial charge in [0.1, 0.15) is 11.6 Å². The third kappa shape index (κ3) is 18.0. The molecule has 3 N–H and O–H groups in total. The summed E-state index contributed by atoms with van der Waals surface area (Å²) in [5, 5.41) is 19.3. The number of likely N-dealkylation sites (tertiary alicyclic amines) is 1. The molecule has 83 heavy (non-hydrogen) atoms. The number of fused-ring (bicyclic) bond motifs is 2. The Balaban J connectivity index is 0.000000217. The highest BCUT2D eigenvalue weighted by Gasteiger charge is 2.47. The molecule has 0 amide bonds. The molecule has 2 heterocycles. The van der Waals surface area contributed by atoms with Gasteiger partial charge >= 0.3 is 30.7 Å². The van der Waals surface area contributed by atoms with Crippen LogP contribution >= 0.6 is 12.6 Å². The van der Waals surface area contributed by atoms with Gasteiger partial charge in [0, 0.05) is 43.3 Å². The van der Waals surface area contributed by atoms with Crippen molar-refractivity contribution in [3.63, 3.8) is 0 Å². The maximum Gasteiger partial charge on any atom is 0.416 e. The Kier molecular flexibility index (Phi) is 22.1. The molecule has 0 bridgehead atoms. The molecule has 10 atom stereocenters. The van der Waals surface area contributed by atoms with Crippen molar-refractivity contribution in [3.8, 4) is 0 Å². The normalized spacial score (nSPS) is 23.3. The molecule has 0 radical (unpaired) electrons. The van der Waals surface area contributed by atoms with E-state index in [9.17, 15) is 66.3 Å². The highest BCUT2D eigenvalue weighted by molar-refractivity contribution is 7.80. The van der Waals surface area contributed by atoms with E-state index in [1.165, 1.54) is 44.2 Å². The maximum atomic E-state index is 13.6. The van der Waals surface area contributed by atoms with Crippen molar-refractivity contribution in [2.24, 2.45) is 23.7 Å². The van der Waals surface area contributed by atoms with Crippen LogP contribution in [0.5, 0.6) is 0 Å². The van der Waals surface area contributed by atoms with Crippen LogP contribution in [0.4, 0.5) is 61.5 Å². The standard InChI is InChI=1S/C27H28F7NO.C24H24F7NO.C7H6O2S.C2H4O2/c1-3-10-35-14-18-6-9-24(25(23(18)15-35)17-4-7-22(28)8-5-17)36-16(2)19-11-20(26(29,30)31)13-21(12-19)27(32,33)34;1-13(16-8-17(23(26,27)28)10-18(9-16)24(29,30)31)33-21-7-4-15-11-32-12-20(15)22(21)14-2-5-19(25)6-3-14;8-7(9)5-3-1-2-4-6(5)10;1-2(3)4/h3-5,7-8,11-13,16,18,23-25H,1,6,9-10,14-15H2,2H3;2-3,5-6,8-10,13,15,20-22,32H,4,7,11-12H2,1H3;1-4,10H,(H,8,9);1H3,(H,3,4)/t16-,18-,23-,24+,25+;13-,15-,20-,21+,22+;;/m11../s1. The number of aromatic carboxylic acids is 1. The lowest BCUT2D eigenvalue weighted by Crippen LogP contribution is -2.38. The molecule has 2 saturated heterocycles. The lowest BCUT2D eigenvalue weighted by atomic mass is 9.69. The van der Waals surface area contributed by atoms with Crippen molar-refractivity contribution in [1.82, 2.24) is 10.2 Å². The van der Waals surface area contributed by atoms with Crippen molar-refractivity contribution in [3.05, 3.63) is 184 Å². The van der Waals surface area contributed by atoms with Gasteiger partial charge < -0.3 is 25.0 Å². The predicted molar refractivity (Wildman–Crippen MR) is 284 cm³/mol. The third-order valence-corrected chi connectivity index (χ3v) is 15.7. The van der Waals surface area contributed by atoms with Crippen LogP contribution in [0.2, 0.25) is 0 Å². The molecule has 452 valence electrons. The van der Waals surface area contributed by atoms with Gasteiger partial charge in [-0.1, -0.05) is 42.5 Å². The summed E-state index contributed by atoms with van der Waals surface area (Å²) in [6.45, 7) is 11.7. The number of carboxylic acids is 2. The summed E-state index contributed by atoms with van der Waals surface area (Å²) in [5.41, 5.74) is -3.86. The average Bonchev–Trinajstić information content (AvgIpc) is 3.22. The second kappa shape index (κ2) is 27.8. The molecule has 23 heteroatoms. The van der Waals surface area contributed by atoms with Crippen molar-refractivity contribution < 1.29 is 90.7 Å². The number of aliphatic carboxylic acids is 1. The Morgan fingerprint density at radius 2 is 1.01 bits per heavy atom. The molecule has 5 aromatic rings. The summed E-state index contributed by atoms with van der Waals surface area (Å²) in [7, 11) is 0. The van der Waals surface area contributed by atoms with Crippen molar-refractivity contribution in [2.45, 2.75) is 112 Å². The van der Waals surface area contributed by atoms with Crippen LogP contribution in [-0.4, -0.2) is 72.0 Å². The summed E-state index contributed by atoms with van der Waals surface area (Å²) in [4.78, 5) is 22.1. The van der Waals surface area contributed by atoms with Crippen LogP contribution in [-0.2, 0) is 39.0 Å². The number of benzene rings is 5. The van der Waals surface area contributed by atoms with Crippen LogP contribution in [0.3, 0.4) is 0 Å². The van der Waals surface area contributed by atoms with Crippen molar-refractivity contribution >= 4 is 24.6 Å². The number of hydrogen-bond acceptors (Lipinski definition) is 7. The van der Waals surface area contributed by atoms with Gasteiger partial charge in [0.25, 0.3) is 5.97 Å². The molecule has 8 nitrogen and oxygen atoms in total. The highest BCUT2D eigenvalue weighted by atomic mass is 32.1. The summed E-state index contributed by atoms with van der Waals surface area (Å²) in [6, 6.07) is 21.8. The second-order valence-electron chi connectivity index (χ2n) is 21.0. The number of hydrogen-bond donors (Lipinski definition) is 4. The van der Waals surface area contributed by atoms with Crippen LogP contribution in [0.25, 0.3) is 0 Å². The lowest BCUT2D eigenvalue weighted by Gasteiger charge is -2.41. The van der Waals surface area contributed by atoms with E-state index in [0.29, 0.717) is 29.6 Å². The largest absolute Gasteiger partial charge is 0.481 e.